The van der Waals surface area contributed by atoms with Crippen molar-refractivity contribution < 1.29 is 4.79 Å². The van der Waals surface area contributed by atoms with Crippen molar-refractivity contribution in [2.24, 2.45) is 7.05 Å². The molecule has 1 aliphatic heterocycles. The molecule has 1 amide bonds. The SMILES string of the molecule is Cn1c(-c2ccc(Cl)cc2)c(CCC(=O)N2CCN(Cc3ccccc3)CC2)c2cc(Cl)ccc21. The van der Waals surface area contributed by atoms with Gasteiger partial charge < -0.3 is 9.47 Å². The number of amides is 1. The standard InChI is InChI=1S/C29H29Cl2N3O/c1-32-27-13-11-24(31)19-26(27)25(29(32)22-7-9-23(30)10-8-22)12-14-28(35)34-17-15-33(16-18-34)20-21-5-3-2-4-6-21/h2-11,13,19H,12,14-18,20H2,1H3. The minimum absolute atomic E-state index is 0.213. The fourth-order valence-corrected chi connectivity index (χ4v) is 5.41. The van der Waals surface area contributed by atoms with Crippen LogP contribution in [0.5, 0.6) is 0 Å². The number of fused-ring (bicyclic) bond motifs is 1. The average Bonchev–Trinajstić information content (AvgIpc) is 3.14. The van der Waals surface area contributed by atoms with E-state index in [1.54, 1.807) is 0 Å². The van der Waals surface area contributed by atoms with E-state index in [9.17, 15) is 4.79 Å². The van der Waals surface area contributed by atoms with Gasteiger partial charge in [0.05, 0.1) is 5.69 Å². The monoisotopic (exact) mass is 505 g/mol. The van der Waals surface area contributed by atoms with E-state index in [2.05, 4.69) is 40.8 Å². The summed E-state index contributed by atoms with van der Waals surface area (Å²) in [6.45, 7) is 4.29. The summed E-state index contributed by atoms with van der Waals surface area (Å²) >= 11 is 12.5. The van der Waals surface area contributed by atoms with Gasteiger partial charge in [0.25, 0.3) is 0 Å². The lowest BCUT2D eigenvalue weighted by molar-refractivity contribution is -0.132. The van der Waals surface area contributed by atoms with Crippen molar-refractivity contribution in [3.8, 4) is 11.3 Å². The smallest absolute Gasteiger partial charge is 0.222 e. The van der Waals surface area contributed by atoms with Gasteiger partial charge in [-0.1, -0.05) is 65.7 Å². The minimum atomic E-state index is 0.213. The van der Waals surface area contributed by atoms with Crippen molar-refractivity contribution in [1.82, 2.24) is 14.4 Å². The van der Waals surface area contributed by atoms with E-state index in [0.29, 0.717) is 22.9 Å². The summed E-state index contributed by atoms with van der Waals surface area (Å²) in [5, 5.41) is 2.51. The van der Waals surface area contributed by atoms with Gasteiger partial charge in [0.15, 0.2) is 0 Å². The lowest BCUT2D eigenvalue weighted by Crippen LogP contribution is -2.48. The second-order valence-corrected chi connectivity index (χ2v) is 10.1. The van der Waals surface area contributed by atoms with Gasteiger partial charge in [-0.15, -0.1) is 0 Å². The van der Waals surface area contributed by atoms with E-state index in [4.69, 9.17) is 23.2 Å². The molecule has 5 rings (SSSR count). The molecule has 1 aromatic heterocycles. The Labute approximate surface area is 216 Å². The number of benzene rings is 3. The molecule has 0 saturated carbocycles. The van der Waals surface area contributed by atoms with Crippen molar-refractivity contribution in [2.45, 2.75) is 19.4 Å². The van der Waals surface area contributed by atoms with Crippen LogP contribution >= 0.6 is 23.2 Å². The van der Waals surface area contributed by atoms with Crippen LogP contribution in [-0.2, 0) is 24.8 Å². The number of hydrogen-bond acceptors (Lipinski definition) is 2. The molecule has 35 heavy (non-hydrogen) atoms. The highest BCUT2D eigenvalue weighted by Gasteiger charge is 2.23. The molecule has 2 heterocycles. The van der Waals surface area contributed by atoms with Crippen LogP contribution in [0.4, 0.5) is 0 Å². The maximum absolute atomic E-state index is 13.2. The molecule has 1 aliphatic rings. The van der Waals surface area contributed by atoms with Crippen molar-refractivity contribution in [2.75, 3.05) is 26.2 Å². The Hall–Kier alpha value is -2.79. The maximum Gasteiger partial charge on any atom is 0.222 e. The number of piperazine rings is 1. The predicted octanol–water partition coefficient (Wildman–Crippen LogP) is 6.43. The van der Waals surface area contributed by atoms with E-state index >= 15 is 0 Å². The van der Waals surface area contributed by atoms with Gasteiger partial charge in [-0.25, -0.2) is 0 Å². The second kappa shape index (κ2) is 10.4. The molecule has 1 saturated heterocycles. The fourth-order valence-electron chi connectivity index (χ4n) is 5.11. The van der Waals surface area contributed by atoms with E-state index in [1.165, 1.54) is 5.56 Å². The Kier molecular flexibility index (Phi) is 7.14. The predicted molar refractivity (Wildman–Crippen MR) is 145 cm³/mol. The van der Waals surface area contributed by atoms with Gasteiger partial charge in [-0.3, -0.25) is 9.69 Å². The number of halogens is 2. The zero-order chi connectivity index (χ0) is 24.4. The Morgan fingerprint density at radius 2 is 1.54 bits per heavy atom. The van der Waals surface area contributed by atoms with E-state index in [1.807, 2.05) is 53.4 Å². The van der Waals surface area contributed by atoms with Crippen molar-refractivity contribution in [1.29, 1.82) is 0 Å². The molecule has 0 aliphatic carbocycles. The van der Waals surface area contributed by atoms with Crippen molar-refractivity contribution in [3.63, 3.8) is 0 Å². The number of carbonyl (C=O) groups excluding carboxylic acids is 1. The van der Waals surface area contributed by atoms with Crippen LogP contribution in [0.2, 0.25) is 10.0 Å². The topological polar surface area (TPSA) is 28.5 Å². The first-order valence-electron chi connectivity index (χ1n) is 12.1. The molecule has 1 fully saturated rings. The quantitative estimate of drug-likeness (QED) is 0.302. The third kappa shape index (κ3) is 5.25. The highest BCUT2D eigenvalue weighted by atomic mass is 35.5. The van der Waals surface area contributed by atoms with Crippen molar-refractivity contribution in [3.05, 3.63) is 94.0 Å². The molecule has 0 bridgehead atoms. The van der Waals surface area contributed by atoms with Crippen LogP contribution in [0.25, 0.3) is 22.2 Å². The zero-order valence-electron chi connectivity index (χ0n) is 19.9. The van der Waals surface area contributed by atoms with Crippen LogP contribution in [-0.4, -0.2) is 46.5 Å². The largest absolute Gasteiger partial charge is 0.343 e. The maximum atomic E-state index is 13.2. The molecule has 3 aromatic carbocycles. The van der Waals surface area contributed by atoms with E-state index in [-0.39, 0.29) is 5.91 Å². The Morgan fingerprint density at radius 3 is 2.26 bits per heavy atom. The van der Waals surface area contributed by atoms with Crippen LogP contribution in [0.15, 0.2) is 72.8 Å². The summed E-state index contributed by atoms with van der Waals surface area (Å²) < 4.78 is 2.19. The molecular formula is C29H29Cl2N3O. The van der Waals surface area contributed by atoms with E-state index < -0.39 is 0 Å². The Bertz CT molecular complexity index is 1320. The van der Waals surface area contributed by atoms with Gasteiger partial charge >= 0.3 is 0 Å². The highest BCUT2D eigenvalue weighted by molar-refractivity contribution is 6.31. The molecular weight excluding hydrogens is 477 g/mol. The highest BCUT2D eigenvalue weighted by Crippen LogP contribution is 2.36. The summed E-state index contributed by atoms with van der Waals surface area (Å²) in [5.74, 6) is 0.213. The first-order chi connectivity index (χ1) is 17.0. The summed E-state index contributed by atoms with van der Waals surface area (Å²) in [6, 6.07) is 24.4. The fraction of sp³-hybridized carbons (Fsp3) is 0.276. The third-order valence-corrected chi connectivity index (χ3v) is 7.43. The third-order valence-electron chi connectivity index (χ3n) is 6.95. The lowest BCUT2D eigenvalue weighted by Gasteiger charge is -2.34. The summed E-state index contributed by atoms with van der Waals surface area (Å²) in [5.41, 5.74) is 5.77. The molecule has 4 nitrogen and oxygen atoms in total. The molecule has 6 heteroatoms. The normalized spacial score (nSPS) is 14.5. The number of carbonyl (C=O) groups is 1. The molecule has 0 spiro atoms. The lowest BCUT2D eigenvalue weighted by atomic mass is 10.0. The minimum Gasteiger partial charge on any atom is -0.343 e. The number of hydrogen-bond donors (Lipinski definition) is 0. The first kappa shape index (κ1) is 23.9. The molecule has 0 radical (unpaired) electrons. The molecule has 0 atom stereocenters. The summed E-state index contributed by atoms with van der Waals surface area (Å²) in [6.07, 6.45) is 1.14. The second-order valence-electron chi connectivity index (χ2n) is 9.20. The van der Waals surface area contributed by atoms with Crippen LogP contribution < -0.4 is 0 Å². The van der Waals surface area contributed by atoms with Gasteiger partial charge in [-0.2, -0.15) is 0 Å². The molecule has 180 valence electrons. The van der Waals surface area contributed by atoms with Crippen LogP contribution in [0.1, 0.15) is 17.5 Å². The van der Waals surface area contributed by atoms with Gasteiger partial charge in [0, 0.05) is 67.1 Å². The number of rotatable bonds is 6. The summed E-state index contributed by atoms with van der Waals surface area (Å²) in [4.78, 5) is 17.6. The molecule has 4 aromatic rings. The van der Waals surface area contributed by atoms with Gasteiger partial charge in [0.1, 0.15) is 0 Å². The zero-order valence-corrected chi connectivity index (χ0v) is 21.4. The van der Waals surface area contributed by atoms with Crippen molar-refractivity contribution >= 4 is 40.0 Å². The molecule has 0 N–H and O–H groups in total. The molecule has 0 unspecified atom stereocenters. The van der Waals surface area contributed by atoms with Gasteiger partial charge in [-0.05, 0) is 53.4 Å². The number of aromatic nitrogens is 1. The number of nitrogens with zero attached hydrogens (tertiary/aromatic N) is 3. The van der Waals surface area contributed by atoms with Crippen LogP contribution in [0.3, 0.4) is 0 Å². The first-order valence-corrected chi connectivity index (χ1v) is 12.8. The van der Waals surface area contributed by atoms with Gasteiger partial charge in [0.2, 0.25) is 5.91 Å². The van der Waals surface area contributed by atoms with E-state index in [0.717, 1.165) is 60.4 Å². The number of aryl methyl sites for hydroxylation is 2. The average molecular weight is 506 g/mol. The Balaban J connectivity index is 1.31. The van der Waals surface area contributed by atoms with Crippen LogP contribution in [0, 0.1) is 0 Å². The summed E-state index contributed by atoms with van der Waals surface area (Å²) in [7, 11) is 2.07. The Morgan fingerprint density at radius 1 is 0.857 bits per heavy atom.